The van der Waals surface area contributed by atoms with Crippen molar-refractivity contribution in [2.75, 3.05) is 0 Å². The highest BCUT2D eigenvalue weighted by Gasteiger charge is 1.93. The highest BCUT2D eigenvalue weighted by molar-refractivity contribution is 5.70. The van der Waals surface area contributed by atoms with Gasteiger partial charge in [0.05, 0.1) is 6.42 Å². The van der Waals surface area contributed by atoms with Crippen LogP contribution in [0, 0.1) is 5.41 Å². The van der Waals surface area contributed by atoms with Crippen molar-refractivity contribution >= 4 is 12.2 Å². The van der Waals surface area contributed by atoms with Gasteiger partial charge in [-0.1, -0.05) is 0 Å². The standard InChI is InChI=1S/C4H6NO2/c5-3-1-2-4(6)7/h3,5H,1-2H2. The number of nitrogens with one attached hydrogen (secondary N) is 1. The van der Waals surface area contributed by atoms with E-state index in [4.69, 9.17) is 5.41 Å². The molecule has 0 saturated carbocycles. The molecule has 0 aliphatic carbocycles. The molecule has 0 bridgehead atoms. The van der Waals surface area contributed by atoms with E-state index in [-0.39, 0.29) is 12.8 Å². The average Bonchev–Trinajstić information content (AvgIpc) is 1.61. The molecule has 0 atom stereocenters. The van der Waals surface area contributed by atoms with Crippen molar-refractivity contribution in [3.8, 4) is 0 Å². The quantitative estimate of drug-likeness (QED) is 0.512. The van der Waals surface area contributed by atoms with E-state index in [1.54, 1.807) is 0 Å². The summed E-state index contributed by atoms with van der Waals surface area (Å²) in [6.07, 6.45) is 1.29. The van der Waals surface area contributed by atoms with Crippen LogP contribution in [0.15, 0.2) is 0 Å². The maximum Gasteiger partial charge on any atom is 0.355 e. The van der Waals surface area contributed by atoms with Gasteiger partial charge in [0.2, 0.25) is 0 Å². The highest BCUT2D eigenvalue weighted by Crippen LogP contribution is 1.81. The van der Waals surface area contributed by atoms with Crippen LogP contribution in [0.5, 0.6) is 0 Å². The zero-order chi connectivity index (χ0) is 5.70. The summed E-state index contributed by atoms with van der Waals surface area (Å²) >= 11 is 0. The van der Waals surface area contributed by atoms with Gasteiger partial charge in [-0.15, -0.1) is 0 Å². The third-order valence-corrected chi connectivity index (χ3v) is 0.493. The predicted octanol–water partition coefficient (Wildman–Crippen LogP) is 0.373. The van der Waals surface area contributed by atoms with Crippen molar-refractivity contribution in [1.29, 1.82) is 5.41 Å². The Morgan fingerprint density at radius 2 is 2.29 bits per heavy atom. The molecule has 39 valence electrons. The monoisotopic (exact) mass is 100 g/mol. The van der Waals surface area contributed by atoms with Crippen LogP contribution in [0.4, 0.5) is 0 Å². The van der Waals surface area contributed by atoms with Gasteiger partial charge in [0.1, 0.15) is 0 Å². The van der Waals surface area contributed by atoms with E-state index < -0.39 is 5.97 Å². The zero-order valence-electron chi connectivity index (χ0n) is 3.81. The number of carbonyl (C=O) groups excluding carboxylic acids is 1. The van der Waals surface area contributed by atoms with E-state index in [9.17, 15) is 9.90 Å². The minimum Gasteiger partial charge on any atom is -0.313 e. The van der Waals surface area contributed by atoms with Crippen LogP contribution in [0.3, 0.4) is 0 Å². The summed E-state index contributed by atoms with van der Waals surface area (Å²) in [4.78, 5) is 9.54. The van der Waals surface area contributed by atoms with Crippen LogP contribution in [-0.4, -0.2) is 12.2 Å². The number of hydrogen-bond donors (Lipinski definition) is 1. The van der Waals surface area contributed by atoms with Crippen molar-refractivity contribution < 1.29 is 9.90 Å². The second kappa shape index (κ2) is 3.33. The molecule has 0 heterocycles. The summed E-state index contributed by atoms with van der Waals surface area (Å²) in [5.41, 5.74) is 0. The summed E-state index contributed by atoms with van der Waals surface area (Å²) in [5.74, 6) is -1.09. The molecule has 1 radical (unpaired) electrons. The van der Waals surface area contributed by atoms with E-state index in [2.05, 4.69) is 0 Å². The van der Waals surface area contributed by atoms with Gasteiger partial charge < -0.3 is 5.41 Å². The molecule has 1 N–H and O–H groups in total. The van der Waals surface area contributed by atoms with Gasteiger partial charge in [0.15, 0.2) is 0 Å². The second-order valence-corrected chi connectivity index (χ2v) is 1.11. The average molecular weight is 100 g/mol. The fourth-order valence-corrected chi connectivity index (χ4v) is 0.190. The molecule has 0 aliphatic rings. The van der Waals surface area contributed by atoms with Crippen molar-refractivity contribution in [3.63, 3.8) is 0 Å². The van der Waals surface area contributed by atoms with Crippen LogP contribution in [0.25, 0.3) is 0 Å². The lowest BCUT2D eigenvalue weighted by Crippen LogP contribution is -1.90. The molecule has 0 aromatic carbocycles. The Kier molecular flexibility index (Phi) is 2.92. The first-order valence-corrected chi connectivity index (χ1v) is 1.96. The smallest absolute Gasteiger partial charge is 0.313 e. The normalized spacial score (nSPS) is 8.00. The summed E-state index contributed by atoms with van der Waals surface area (Å²) in [7, 11) is 0. The third-order valence-electron chi connectivity index (χ3n) is 0.493. The summed E-state index contributed by atoms with van der Waals surface area (Å²) < 4.78 is 0. The molecular weight excluding hydrogens is 94.0 g/mol. The number of rotatable bonds is 3. The van der Waals surface area contributed by atoms with E-state index >= 15 is 0 Å². The van der Waals surface area contributed by atoms with Crippen molar-refractivity contribution in [2.45, 2.75) is 12.8 Å². The first kappa shape index (κ1) is 6.14. The Morgan fingerprint density at radius 1 is 1.71 bits per heavy atom. The van der Waals surface area contributed by atoms with E-state index in [1.165, 1.54) is 0 Å². The largest absolute Gasteiger partial charge is 0.355 e. The zero-order valence-corrected chi connectivity index (χ0v) is 3.81. The van der Waals surface area contributed by atoms with Crippen molar-refractivity contribution in [1.82, 2.24) is 0 Å². The minimum absolute atomic E-state index is 0.0382. The maximum absolute atomic E-state index is 9.54. The second-order valence-electron chi connectivity index (χ2n) is 1.11. The molecule has 0 aromatic heterocycles. The summed E-state index contributed by atoms with van der Waals surface area (Å²) in [6.45, 7) is 0. The fraction of sp³-hybridized carbons (Fsp3) is 0.500. The van der Waals surface area contributed by atoms with E-state index in [0.717, 1.165) is 6.21 Å². The van der Waals surface area contributed by atoms with Crippen LogP contribution in [0.1, 0.15) is 12.8 Å². The molecule has 3 heteroatoms. The van der Waals surface area contributed by atoms with Crippen LogP contribution in [-0.2, 0) is 9.90 Å². The molecule has 0 fully saturated rings. The lowest BCUT2D eigenvalue weighted by molar-refractivity contribution is -0.142. The fourth-order valence-electron chi connectivity index (χ4n) is 0.190. The van der Waals surface area contributed by atoms with Gasteiger partial charge in [0.25, 0.3) is 0 Å². The molecule has 0 aliphatic heterocycles. The molecule has 0 unspecified atom stereocenters. The molecule has 0 rings (SSSR count). The summed E-state index contributed by atoms with van der Waals surface area (Å²) in [6, 6.07) is 0. The first-order chi connectivity index (χ1) is 3.27. The Labute approximate surface area is 41.5 Å². The van der Waals surface area contributed by atoms with Gasteiger partial charge >= 0.3 is 5.97 Å². The number of carbonyl (C=O) groups is 1. The molecule has 7 heavy (non-hydrogen) atoms. The van der Waals surface area contributed by atoms with Gasteiger partial charge in [-0.2, -0.15) is 0 Å². The molecule has 0 aromatic rings. The Morgan fingerprint density at radius 3 is 2.43 bits per heavy atom. The van der Waals surface area contributed by atoms with Crippen LogP contribution >= 0.6 is 0 Å². The summed E-state index contributed by atoms with van der Waals surface area (Å²) in [5, 5.41) is 15.9. The number of hydrogen-bond acceptors (Lipinski definition) is 2. The molecule has 0 saturated heterocycles. The van der Waals surface area contributed by atoms with Crippen LogP contribution in [0.2, 0.25) is 0 Å². The van der Waals surface area contributed by atoms with Gasteiger partial charge in [-0.25, -0.2) is 9.90 Å². The predicted molar refractivity (Wildman–Crippen MR) is 23.7 cm³/mol. The van der Waals surface area contributed by atoms with E-state index in [1.807, 2.05) is 0 Å². The SMILES string of the molecule is N=CCCC([O])=O. The molecular formula is C4H6NO2. The third kappa shape index (κ3) is 5.14. The topological polar surface area (TPSA) is 60.8 Å². The molecule has 3 nitrogen and oxygen atoms in total. The lowest BCUT2D eigenvalue weighted by Gasteiger charge is -1.77. The Balaban J connectivity index is 2.97. The van der Waals surface area contributed by atoms with Crippen molar-refractivity contribution in [3.05, 3.63) is 0 Å². The van der Waals surface area contributed by atoms with Gasteiger partial charge in [0, 0.05) is 0 Å². The van der Waals surface area contributed by atoms with Gasteiger partial charge in [-0.05, 0) is 12.6 Å². The highest BCUT2D eigenvalue weighted by atomic mass is 16.4. The molecule has 0 amide bonds. The minimum atomic E-state index is -1.09. The Bertz CT molecular complexity index is 79.8. The Hall–Kier alpha value is -0.860. The maximum atomic E-state index is 9.54. The van der Waals surface area contributed by atoms with Crippen LogP contribution < -0.4 is 0 Å². The molecule has 0 spiro atoms. The van der Waals surface area contributed by atoms with Crippen molar-refractivity contribution in [2.24, 2.45) is 0 Å². The van der Waals surface area contributed by atoms with E-state index in [0.29, 0.717) is 0 Å². The van der Waals surface area contributed by atoms with Gasteiger partial charge in [-0.3, -0.25) is 0 Å². The lowest BCUT2D eigenvalue weighted by atomic mass is 10.3. The first-order valence-electron chi connectivity index (χ1n) is 1.96.